The van der Waals surface area contributed by atoms with Crippen molar-refractivity contribution in [3.8, 4) is 0 Å². The smallest absolute Gasteiger partial charge is 0.305 e. The topological polar surface area (TPSA) is 43.4 Å². The summed E-state index contributed by atoms with van der Waals surface area (Å²) < 4.78 is 5.48. The summed E-state index contributed by atoms with van der Waals surface area (Å²) >= 11 is 0. The van der Waals surface area contributed by atoms with Gasteiger partial charge in [-0.05, 0) is 37.5 Å². The Bertz CT molecular complexity index is 459. The van der Waals surface area contributed by atoms with E-state index < -0.39 is 0 Å². The third-order valence-electron chi connectivity index (χ3n) is 7.10. The monoisotopic (exact) mass is 450 g/mol. The highest BCUT2D eigenvalue weighted by atomic mass is 16.5. The number of Topliss-reactive ketones (excluding diaryl/α,β-unsaturated/α-hetero) is 1. The lowest BCUT2D eigenvalue weighted by Crippen LogP contribution is -2.07. The summed E-state index contributed by atoms with van der Waals surface area (Å²) in [6, 6.07) is 0. The number of ketones is 1. The first-order valence-corrected chi connectivity index (χ1v) is 14.3. The maximum Gasteiger partial charge on any atom is 0.305 e. The Balaban J connectivity index is 1.79. The zero-order chi connectivity index (χ0) is 23.3. The number of carbonyl (C=O) groups is 2. The number of hydrogen-bond donors (Lipinski definition) is 0. The Morgan fingerprint density at radius 1 is 0.594 bits per heavy atom. The summed E-state index contributed by atoms with van der Waals surface area (Å²) in [5.41, 5.74) is 0. The minimum atomic E-state index is -0.00223. The van der Waals surface area contributed by atoms with Crippen LogP contribution >= 0.6 is 0 Å². The van der Waals surface area contributed by atoms with Crippen LogP contribution in [0.3, 0.4) is 0 Å². The number of hydrogen-bond acceptors (Lipinski definition) is 3. The van der Waals surface area contributed by atoms with Crippen molar-refractivity contribution >= 4 is 11.8 Å². The van der Waals surface area contributed by atoms with Gasteiger partial charge in [0.05, 0.1) is 6.61 Å². The van der Waals surface area contributed by atoms with E-state index in [4.69, 9.17) is 4.74 Å². The molecule has 1 aliphatic carbocycles. The zero-order valence-corrected chi connectivity index (χ0v) is 21.6. The number of esters is 1. The molecule has 3 nitrogen and oxygen atoms in total. The summed E-state index contributed by atoms with van der Waals surface area (Å²) in [5.74, 6) is 1.92. The highest BCUT2D eigenvalue weighted by Crippen LogP contribution is 2.42. The van der Waals surface area contributed by atoms with Crippen molar-refractivity contribution in [1.82, 2.24) is 0 Å². The van der Waals surface area contributed by atoms with E-state index in [9.17, 15) is 9.59 Å². The van der Waals surface area contributed by atoms with Crippen molar-refractivity contribution in [2.45, 2.75) is 155 Å². The van der Waals surface area contributed by atoms with Crippen LogP contribution in [-0.4, -0.2) is 18.4 Å². The quantitative estimate of drug-likeness (QED) is 0.109. The molecule has 0 amide bonds. The molecule has 0 aliphatic heterocycles. The van der Waals surface area contributed by atoms with E-state index in [1.165, 1.54) is 89.9 Å². The molecule has 0 radical (unpaired) electrons. The van der Waals surface area contributed by atoms with E-state index in [0.717, 1.165) is 50.9 Å². The third-order valence-corrected chi connectivity index (χ3v) is 7.10. The lowest BCUT2D eigenvalue weighted by atomic mass is 10.0. The summed E-state index contributed by atoms with van der Waals surface area (Å²) in [6.45, 7) is 5.15. The maximum atomic E-state index is 11.9. The van der Waals surface area contributed by atoms with Crippen molar-refractivity contribution in [3.05, 3.63) is 0 Å². The molecule has 0 aromatic rings. The van der Waals surface area contributed by atoms with Crippen LogP contribution in [0.5, 0.6) is 0 Å². The molecule has 188 valence electrons. The van der Waals surface area contributed by atoms with Crippen molar-refractivity contribution in [2.75, 3.05) is 6.61 Å². The Kier molecular flexibility index (Phi) is 18.9. The first kappa shape index (κ1) is 29.2. The first-order chi connectivity index (χ1) is 15.7. The molecule has 3 heteroatoms. The summed E-state index contributed by atoms with van der Waals surface area (Å²) in [6.07, 6.45) is 25.6. The molecular formula is C29H54O3. The molecule has 1 saturated carbocycles. The van der Waals surface area contributed by atoms with Gasteiger partial charge in [-0.3, -0.25) is 9.59 Å². The Morgan fingerprint density at radius 2 is 1.06 bits per heavy atom. The van der Waals surface area contributed by atoms with Gasteiger partial charge < -0.3 is 4.74 Å². The fourth-order valence-electron chi connectivity index (χ4n) is 4.68. The van der Waals surface area contributed by atoms with Crippen LogP contribution in [0.25, 0.3) is 0 Å². The molecule has 0 aromatic carbocycles. The molecule has 0 spiro atoms. The van der Waals surface area contributed by atoms with Gasteiger partial charge in [0.25, 0.3) is 0 Å². The lowest BCUT2D eigenvalue weighted by Gasteiger charge is -2.05. The van der Waals surface area contributed by atoms with Crippen LogP contribution < -0.4 is 0 Å². The van der Waals surface area contributed by atoms with Crippen LogP contribution in [0.1, 0.15) is 155 Å². The van der Waals surface area contributed by atoms with Gasteiger partial charge in [-0.15, -0.1) is 0 Å². The fourth-order valence-corrected chi connectivity index (χ4v) is 4.68. The molecule has 0 bridgehead atoms. The van der Waals surface area contributed by atoms with Gasteiger partial charge in [0.15, 0.2) is 0 Å². The van der Waals surface area contributed by atoms with E-state index in [0.29, 0.717) is 24.7 Å². The standard InChI is InChI=1S/C29H54O3/c1-3-5-7-9-10-13-17-21-28(30)22-18-14-11-12-15-19-23-29(31)32-25-27-24-26(27)20-16-8-6-4-2/h26-27H,3-25H2,1-2H3/t26-,27+/m1/s1. The average Bonchev–Trinajstić information content (AvgIpc) is 3.54. The maximum absolute atomic E-state index is 11.9. The molecule has 0 N–H and O–H groups in total. The first-order valence-electron chi connectivity index (χ1n) is 14.3. The van der Waals surface area contributed by atoms with Crippen LogP contribution in [0.15, 0.2) is 0 Å². The Morgan fingerprint density at radius 3 is 1.62 bits per heavy atom. The van der Waals surface area contributed by atoms with Gasteiger partial charge in [-0.25, -0.2) is 0 Å². The van der Waals surface area contributed by atoms with Gasteiger partial charge in [-0.2, -0.15) is 0 Å². The second kappa shape index (κ2) is 20.7. The summed E-state index contributed by atoms with van der Waals surface area (Å²) in [4.78, 5) is 23.9. The van der Waals surface area contributed by atoms with Crippen LogP contribution in [0, 0.1) is 11.8 Å². The molecule has 0 aromatic heterocycles. The Hall–Kier alpha value is -0.860. The van der Waals surface area contributed by atoms with E-state index in [1.54, 1.807) is 0 Å². The fraction of sp³-hybridized carbons (Fsp3) is 0.931. The highest BCUT2D eigenvalue weighted by Gasteiger charge is 2.36. The highest BCUT2D eigenvalue weighted by molar-refractivity contribution is 5.78. The molecular weight excluding hydrogens is 396 g/mol. The van der Waals surface area contributed by atoms with Gasteiger partial charge in [-0.1, -0.05) is 110 Å². The van der Waals surface area contributed by atoms with Crippen molar-refractivity contribution in [3.63, 3.8) is 0 Å². The van der Waals surface area contributed by atoms with E-state index >= 15 is 0 Å². The minimum Gasteiger partial charge on any atom is -0.465 e. The van der Waals surface area contributed by atoms with E-state index in [-0.39, 0.29) is 5.97 Å². The second-order valence-corrected chi connectivity index (χ2v) is 10.3. The lowest BCUT2D eigenvalue weighted by molar-refractivity contribution is -0.144. The number of unbranched alkanes of at least 4 members (excludes halogenated alkanes) is 14. The summed E-state index contributed by atoms with van der Waals surface area (Å²) in [5, 5.41) is 0. The minimum absolute atomic E-state index is 0.00223. The predicted molar refractivity (Wildman–Crippen MR) is 136 cm³/mol. The van der Waals surface area contributed by atoms with Crippen molar-refractivity contribution < 1.29 is 14.3 Å². The summed E-state index contributed by atoms with van der Waals surface area (Å²) in [7, 11) is 0. The van der Waals surface area contributed by atoms with Gasteiger partial charge in [0.2, 0.25) is 0 Å². The van der Waals surface area contributed by atoms with Crippen molar-refractivity contribution in [1.29, 1.82) is 0 Å². The molecule has 2 atom stereocenters. The molecule has 1 aliphatic rings. The van der Waals surface area contributed by atoms with E-state index in [2.05, 4.69) is 13.8 Å². The van der Waals surface area contributed by atoms with Crippen LogP contribution in [0.2, 0.25) is 0 Å². The largest absolute Gasteiger partial charge is 0.465 e. The zero-order valence-electron chi connectivity index (χ0n) is 21.6. The second-order valence-electron chi connectivity index (χ2n) is 10.3. The Labute approximate surface area is 199 Å². The van der Waals surface area contributed by atoms with Crippen LogP contribution in [-0.2, 0) is 14.3 Å². The third kappa shape index (κ3) is 17.7. The number of carbonyl (C=O) groups excluding carboxylic acids is 2. The predicted octanol–water partition coefficient (Wildman–Crippen LogP) is 8.97. The number of ether oxygens (including phenoxy) is 1. The van der Waals surface area contributed by atoms with Crippen LogP contribution in [0.4, 0.5) is 0 Å². The van der Waals surface area contributed by atoms with Crippen molar-refractivity contribution in [2.24, 2.45) is 11.8 Å². The molecule has 1 fully saturated rings. The molecule has 0 saturated heterocycles. The molecule has 0 unspecified atom stereocenters. The SMILES string of the molecule is CCCCCCCCCC(=O)CCCCCCCCC(=O)OC[C@@H]1C[C@H]1CCCCCC. The van der Waals surface area contributed by atoms with Gasteiger partial charge in [0.1, 0.15) is 5.78 Å². The molecule has 1 rings (SSSR count). The average molecular weight is 451 g/mol. The normalized spacial score (nSPS) is 17.4. The molecule has 32 heavy (non-hydrogen) atoms. The number of rotatable bonds is 24. The van der Waals surface area contributed by atoms with Gasteiger partial charge in [0, 0.05) is 19.3 Å². The molecule has 0 heterocycles. The van der Waals surface area contributed by atoms with E-state index in [1.807, 2.05) is 0 Å². The van der Waals surface area contributed by atoms with Gasteiger partial charge >= 0.3 is 5.97 Å².